The number of carbonyl (C=O) groups excluding carboxylic acids is 1. The molecule has 0 bridgehead atoms. The zero-order valence-electron chi connectivity index (χ0n) is 18.2. The van der Waals surface area contributed by atoms with E-state index in [-0.39, 0.29) is 16.9 Å². The third kappa shape index (κ3) is 4.92. The maximum absolute atomic E-state index is 13.1. The quantitative estimate of drug-likeness (QED) is 0.392. The van der Waals surface area contributed by atoms with E-state index < -0.39 is 22.0 Å². The summed E-state index contributed by atoms with van der Waals surface area (Å²) in [5.41, 5.74) is 2.50. The summed E-state index contributed by atoms with van der Waals surface area (Å²) < 4.78 is 38.6. The van der Waals surface area contributed by atoms with Gasteiger partial charge in [0.05, 0.1) is 23.5 Å². The van der Waals surface area contributed by atoms with Crippen LogP contribution in [0.3, 0.4) is 0 Å². The van der Waals surface area contributed by atoms with Gasteiger partial charge < -0.3 is 5.32 Å². The Labute approximate surface area is 195 Å². The average Bonchev–Trinajstić information content (AvgIpc) is 3.49. The maximum atomic E-state index is 13.1. The van der Waals surface area contributed by atoms with Crippen LogP contribution in [-0.2, 0) is 14.8 Å². The number of benzene rings is 2. The Morgan fingerprint density at radius 3 is 2.48 bits per heavy atom. The minimum Gasteiger partial charge on any atom is -0.348 e. The molecule has 0 aliphatic carbocycles. The maximum Gasteiger partial charge on any atom is 0.243 e. The van der Waals surface area contributed by atoms with Gasteiger partial charge in [-0.2, -0.15) is 18.6 Å². The molecule has 1 amide bonds. The van der Waals surface area contributed by atoms with Crippen molar-refractivity contribution in [2.45, 2.75) is 37.8 Å². The molecule has 10 nitrogen and oxygen atoms in total. The molecule has 12 heteroatoms. The number of hydrogen-bond acceptors (Lipinski definition) is 8. The van der Waals surface area contributed by atoms with E-state index in [2.05, 4.69) is 28.9 Å². The van der Waals surface area contributed by atoms with Gasteiger partial charge in [0.2, 0.25) is 15.9 Å². The summed E-state index contributed by atoms with van der Waals surface area (Å²) in [5, 5.41) is 7.00. The first-order chi connectivity index (χ1) is 15.8. The molecule has 2 aromatic carbocycles. The Morgan fingerprint density at radius 2 is 1.82 bits per heavy atom. The second-order valence-electron chi connectivity index (χ2n) is 7.89. The highest BCUT2D eigenvalue weighted by Crippen LogP contribution is 2.22. The summed E-state index contributed by atoms with van der Waals surface area (Å²) >= 11 is 0.940. The van der Waals surface area contributed by atoms with Crippen molar-refractivity contribution in [3.05, 3.63) is 60.7 Å². The van der Waals surface area contributed by atoms with Crippen LogP contribution >= 0.6 is 11.7 Å². The number of sulfonamides is 1. The number of amides is 1. The zero-order chi connectivity index (χ0) is 23.6. The van der Waals surface area contributed by atoms with Crippen molar-refractivity contribution in [2.75, 3.05) is 0 Å². The van der Waals surface area contributed by atoms with E-state index in [1.54, 1.807) is 37.0 Å². The van der Waals surface area contributed by atoms with Crippen molar-refractivity contribution in [2.24, 2.45) is 5.92 Å². The molecule has 0 radical (unpaired) electrons. The second kappa shape index (κ2) is 9.33. The van der Waals surface area contributed by atoms with Gasteiger partial charge in [-0.05, 0) is 42.7 Å². The van der Waals surface area contributed by atoms with Gasteiger partial charge >= 0.3 is 0 Å². The van der Waals surface area contributed by atoms with Crippen LogP contribution in [-0.4, -0.2) is 43.9 Å². The monoisotopic (exact) mass is 485 g/mol. The number of aromatic nitrogens is 5. The fourth-order valence-electron chi connectivity index (χ4n) is 3.37. The van der Waals surface area contributed by atoms with Crippen LogP contribution in [0.5, 0.6) is 0 Å². The van der Waals surface area contributed by atoms with Crippen LogP contribution in [0.2, 0.25) is 0 Å². The fourth-order valence-corrected chi connectivity index (χ4v) is 5.48. The lowest BCUT2D eigenvalue weighted by atomic mass is 10.0. The van der Waals surface area contributed by atoms with Crippen molar-refractivity contribution >= 4 is 38.7 Å². The summed E-state index contributed by atoms with van der Waals surface area (Å²) in [5.74, 6) is -0.695. The Morgan fingerprint density at radius 1 is 1.06 bits per heavy atom. The minimum atomic E-state index is -4.00. The van der Waals surface area contributed by atoms with Gasteiger partial charge in [0.1, 0.15) is 34.6 Å². The van der Waals surface area contributed by atoms with Crippen molar-refractivity contribution in [3.63, 3.8) is 0 Å². The van der Waals surface area contributed by atoms with Crippen molar-refractivity contribution in [1.29, 1.82) is 0 Å². The van der Waals surface area contributed by atoms with Crippen LogP contribution in [0.1, 0.15) is 32.4 Å². The molecule has 0 saturated carbocycles. The highest BCUT2D eigenvalue weighted by Gasteiger charge is 2.30. The van der Waals surface area contributed by atoms with E-state index in [0.29, 0.717) is 11.0 Å². The number of rotatable bonds is 8. The minimum absolute atomic E-state index is 0.00366. The molecule has 2 atom stereocenters. The molecular weight excluding hydrogens is 462 g/mol. The van der Waals surface area contributed by atoms with E-state index >= 15 is 0 Å². The molecule has 4 rings (SSSR count). The molecule has 2 aromatic heterocycles. The van der Waals surface area contributed by atoms with Gasteiger partial charge in [-0.3, -0.25) is 4.79 Å². The lowest BCUT2D eigenvalue weighted by molar-refractivity contribution is -0.124. The smallest absolute Gasteiger partial charge is 0.243 e. The summed E-state index contributed by atoms with van der Waals surface area (Å²) in [6.45, 7) is 5.42. The molecule has 2 N–H and O–H groups in total. The molecule has 172 valence electrons. The lowest BCUT2D eigenvalue weighted by Gasteiger charge is -2.24. The van der Waals surface area contributed by atoms with Gasteiger partial charge in [0.15, 0.2) is 0 Å². The first-order valence-electron chi connectivity index (χ1n) is 10.2. The third-order valence-electron chi connectivity index (χ3n) is 5.20. The number of carbonyl (C=O) groups is 1. The number of nitrogens with zero attached hydrogens (tertiary/aromatic N) is 5. The van der Waals surface area contributed by atoms with Crippen LogP contribution in [0.25, 0.3) is 16.7 Å². The Kier molecular flexibility index (Phi) is 6.49. The van der Waals surface area contributed by atoms with Crippen LogP contribution in [0.4, 0.5) is 0 Å². The standard InChI is InChI=1S/C21H23N7O3S2/c1-13(2)19(27-33(30,31)18-6-4-5-17-20(18)26-32-25-17)21(29)24-14(3)15-7-9-16(10-8-15)28-12-22-11-23-28/h4-14,19,27H,1-3H3,(H,24,29). The highest BCUT2D eigenvalue weighted by atomic mass is 32.2. The molecule has 2 heterocycles. The first-order valence-corrected chi connectivity index (χ1v) is 12.5. The van der Waals surface area contributed by atoms with E-state index in [1.165, 1.54) is 12.4 Å². The molecule has 0 fully saturated rings. The van der Waals surface area contributed by atoms with Gasteiger partial charge in [-0.15, -0.1) is 0 Å². The topological polar surface area (TPSA) is 132 Å². The normalized spacial score (nSPS) is 13.8. The summed E-state index contributed by atoms with van der Waals surface area (Å²) in [7, 11) is -4.00. The largest absolute Gasteiger partial charge is 0.348 e. The molecule has 2 unspecified atom stereocenters. The first kappa shape index (κ1) is 23.0. The molecule has 33 heavy (non-hydrogen) atoms. The van der Waals surface area contributed by atoms with Crippen molar-refractivity contribution in [3.8, 4) is 5.69 Å². The number of nitrogens with one attached hydrogen (secondary N) is 2. The van der Waals surface area contributed by atoms with Gasteiger partial charge in [0.25, 0.3) is 0 Å². The fraction of sp³-hybridized carbons (Fsp3) is 0.286. The predicted molar refractivity (Wildman–Crippen MR) is 124 cm³/mol. The number of hydrogen-bond donors (Lipinski definition) is 2. The Balaban J connectivity index is 1.49. The summed E-state index contributed by atoms with van der Waals surface area (Å²) in [6, 6.07) is 11.0. The molecule has 0 spiro atoms. The van der Waals surface area contributed by atoms with Crippen molar-refractivity contribution < 1.29 is 13.2 Å². The summed E-state index contributed by atoms with van der Waals surface area (Å²) in [6.07, 6.45) is 3.05. The molecular formula is C21H23N7O3S2. The van der Waals surface area contributed by atoms with Gasteiger partial charge in [0, 0.05) is 0 Å². The summed E-state index contributed by atoms with van der Waals surface area (Å²) in [4.78, 5) is 17.0. The zero-order valence-corrected chi connectivity index (χ0v) is 19.8. The molecule has 4 aromatic rings. The van der Waals surface area contributed by atoms with Gasteiger partial charge in [-0.1, -0.05) is 32.0 Å². The van der Waals surface area contributed by atoms with E-state index in [1.807, 2.05) is 31.2 Å². The van der Waals surface area contributed by atoms with Crippen LogP contribution < -0.4 is 10.0 Å². The lowest BCUT2D eigenvalue weighted by Crippen LogP contribution is -2.50. The molecule has 0 aliphatic heterocycles. The van der Waals surface area contributed by atoms with E-state index in [4.69, 9.17) is 0 Å². The van der Waals surface area contributed by atoms with Crippen LogP contribution in [0.15, 0.2) is 60.0 Å². The predicted octanol–water partition coefficient (Wildman–Crippen LogP) is 2.45. The van der Waals surface area contributed by atoms with Crippen molar-refractivity contribution in [1.82, 2.24) is 33.6 Å². The Hall–Kier alpha value is -3.22. The van der Waals surface area contributed by atoms with E-state index in [0.717, 1.165) is 23.0 Å². The number of fused-ring (bicyclic) bond motifs is 1. The molecule has 0 aliphatic rings. The second-order valence-corrected chi connectivity index (χ2v) is 10.1. The SMILES string of the molecule is CC(NC(=O)C(NS(=O)(=O)c1cccc2nsnc12)C(C)C)c1ccc(-n2cncn2)cc1. The van der Waals surface area contributed by atoms with Crippen LogP contribution in [0, 0.1) is 5.92 Å². The van der Waals surface area contributed by atoms with Gasteiger partial charge in [-0.25, -0.2) is 18.1 Å². The Bertz CT molecular complexity index is 1350. The van der Waals surface area contributed by atoms with E-state index in [9.17, 15) is 13.2 Å². The molecule has 0 saturated heterocycles. The average molecular weight is 486 g/mol. The third-order valence-corrected chi connectivity index (χ3v) is 7.22. The highest BCUT2D eigenvalue weighted by molar-refractivity contribution is 7.89.